The van der Waals surface area contributed by atoms with Crippen LogP contribution < -0.4 is 0 Å². The van der Waals surface area contributed by atoms with Crippen LogP contribution in [0.3, 0.4) is 0 Å². The molecule has 1 aromatic carbocycles. The molecule has 1 amide bonds. The van der Waals surface area contributed by atoms with Gasteiger partial charge in [0.2, 0.25) is 5.89 Å². The van der Waals surface area contributed by atoms with Gasteiger partial charge in [-0.2, -0.15) is 4.98 Å². The number of aromatic nitrogens is 2. The summed E-state index contributed by atoms with van der Waals surface area (Å²) in [5.74, 6) is 0.456. The van der Waals surface area contributed by atoms with Gasteiger partial charge in [-0.05, 0) is 12.0 Å². The van der Waals surface area contributed by atoms with Crippen molar-refractivity contribution in [1.29, 1.82) is 0 Å². The molecular formula is C18H24N4O2. The topological polar surface area (TPSA) is 62.5 Å². The molecule has 1 fully saturated rings. The Hall–Kier alpha value is -2.21. The zero-order valence-electron chi connectivity index (χ0n) is 14.3. The number of nitrogens with zero attached hydrogens (tertiary/aromatic N) is 4. The lowest BCUT2D eigenvalue weighted by Crippen LogP contribution is -2.54. The van der Waals surface area contributed by atoms with Crippen LogP contribution in [0.25, 0.3) is 0 Å². The van der Waals surface area contributed by atoms with Gasteiger partial charge in [0.25, 0.3) is 11.7 Å². The van der Waals surface area contributed by atoms with Crippen LogP contribution in [-0.2, 0) is 6.54 Å². The number of amides is 1. The van der Waals surface area contributed by atoms with Crippen LogP contribution in [0.2, 0.25) is 0 Å². The largest absolute Gasteiger partial charge is 0.339 e. The lowest BCUT2D eigenvalue weighted by atomic mass is 10.0. The van der Waals surface area contributed by atoms with Gasteiger partial charge in [0.15, 0.2) is 0 Å². The Morgan fingerprint density at radius 3 is 2.75 bits per heavy atom. The summed E-state index contributed by atoms with van der Waals surface area (Å²) in [5, 5.41) is 3.76. The molecule has 6 heteroatoms. The number of carbonyl (C=O) groups excluding carboxylic acids is 1. The summed E-state index contributed by atoms with van der Waals surface area (Å²) in [7, 11) is 0. The van der Waals surface area contributed by atoms with Gasteiger partial charge in [-0.1, -0.05) is 48.8 Å². The van der Waals surface area contributed by atoms with Gasteiger partial charge in [-0.25, -0.2) is 0 Å². The van der Waals surface area contributed by atoms with Crippen LogP contribution in [0.15, 0.2) is 34.9 Å². The minimum Gasteiger partial charge on any atom is -0.339 e. The van der Waals surface area contributed by atoms with Crippen molar-refractivity contribution >= 4 is 5.91 Å². The van der Waals surface area contributed by atoms with E-state index in [1.807, 2.05) is 11.0 Å². The first-order chi connectivity index (χ1) is 11.7. The third-order valence-electron chi connectivity index (χ3n) is 4.46. The molecule has 0 aliphatic carbocycles. The smallest absolute Gasteiger partial charge is 0.295 e. The standard InChI is InChI=1S/C18H24N4O2/c1-3-7-16-13-22(18(23)17-19-14(2)24-20-17)11-10-21(16)12-15-8-5-4-6-9-15/h4-6,8-9,16H,3,7,10-13H2,1-2H3. The fourth-order valence-electron chi connectivity index (χ4n) is 3.24. The van der Waals surface area contributed by atoms with Crippen molar-refractivity contribution in [3.63, 3.8) is 0 Å². The molecule has 0 saturated carbocycles. The molecule has 0 radical (unpaired) electrons. The van der Waals surface area contributed by atoms with Gasteiger partial charge in [0.1, 0.15) is 0 Å². The Kier molecular flexibility index (Phi) is 5.25. The highest BCUT2D eigenvalue weighted by molar-refractivity contribution is 5.90. The Morgan fingerprint density at radius 1 is 1.29 bits per heavy atom. The van der Waals surface area contributed by atoms with E-state index in [1.165, 1.54) is 5.56 Å². The summed E-state index contributed by atoms with van der Waals surface area (Å²) in [4.78, 5) is 20.9. The summed E-state index contributed by atoms with van der Waals surface area (Å²) in [6, 6.07) is 10.9. The van der Waals surface area contributed by atoms with Crippen molar-refractivity contribution in [1.82, 2.24) is 19.9 Å². The number of rotatable bonds is 5. The van der Waals surface area contributed by atoms with E-state index in [0.717, 1.165) is 25.9 Å². The molecule has 1 saturated heterocycles. The average molecular weight is 328 g/mol. The highest BCUT2D eigenvalue weighted by Gasteiger charge is 2.31. The first-order valence-electron chi connectivity index (χ1n) is 8.55. The van der Waals surface area contributed by atoms with Crippen LogP contribution in [0.1, 0.15) is 41.8 Å². The molecule has 128 valence electrons. The molecule has 6 nitrogen and oxygen atoms in total. The fourth-order valence-corrected chi connectivity index (χ4v) is 3.24. The van der Waals surface area contributed by atoms with E-state index in [0.29, 0.717) is 25.0 Å². The van der Waals surface area contributed by atoms with Crippen LogP contribution in [0.4, 0.5) is 0 Å². The van der Waals surface area contributed by atoms with Crippen LogP contribution in [-0.4, -0.2) is 51.5 Å². The molecule has 0 bridgehead atoms. The number of aryl methyl sites for hydroxylation is 1. The fraction of sp³-hybridized carbons (Fsp3) is 0.500. The number of benzene rings is 1. The third-order valence-corrected chi connectivity index (χ3v) is 4.46. The van der Waals surface area contributed by atoms with E-state index in [-0.39, 0.29) is 11.7 Å². The summed E-state index contributed by atoms with van der Waals surface area (Å²) in [5.41, 5.74) is 1.31. The molecule has 0 spiro atoms. The Balaban J connectivity index is 1.67. The van der Waals surface area contributed by atoms with Crippen molar-refractivity contribution in [2.75, 3.05) is 19.6 Å². The SMILES string of the molecule is CCCC1CN(C(=O)c2noc(C)n2)CCN1Cc1ccccc1. The lowest BCUT2D eigenvalue weighted by molar-refractivity contribution is 0.0426. The normalized spacial score (nSPS) is 18.8. The number of hydrogen-bond acceptors (Lipinski definition) is 5. The quantitative estimate of drug-likeness (QED) is 0.844. The zero-order valence-corrected chi connectivity index (χ0v) is 14.3. The average Bonchev–Trinajstić information content (AvgIpc) is 3.03. The lowest BCUT2D eigenvalue weighted by Gasteiger charge is -2.41. The van der Waals surface area contributed by atoms with Gasteiger partial charge in [-0.15, -0.1) is 0 Å². The highest BCUT2D eigenvalue weighted by Crippen LogP contribution is 2.19. The monoisotopic (exact) mass is 328 g/mol. The third kappa shape index (κ3) is 3.82. The summed E-state index contributed by atoms with van der Waals surface area (Å²) < 4.78 is 4.93. The molecule has 1 unspecified atom stereocenters. The maximum Gasteiger partial charge on any atom is 0.295 e. The summed E-state index contributed by atoms with van der Waals surface area (Å²) >= 11 is 0. The Morgan fingerprint density at radius 2 is 2.08 bits per heavy atom. The highest BCUT2D eigenvalue weighted by atomic mass is 16.5. The maximum atomic E-state index is 12.6. The maximum absolute atomic E-state index is 12.6. The minimum absolute atomic E-state index is 0.132. The van der Waals surface area contributed by atoms with Crippen molar-refractivity contribution < 1.29 is 9.32 Å². The molecule has 1 aromatic heterocycles. The second kappa shape index (κ2) is 7.57. The Bertz CT molecular complexity index is 671. The molecule has 1 aliphatic heterocycles. The van der Waals surface area contributed by atoms with Crippen molar-refractivity contribution in [2.45, 2.75) is 39.3 Å². The molecule has 2 heterocycles. The minimum atomic E-state index is -0.132. The number of piperazine rings is 1. The first-order valence-corrected chi connectivity index (χ1v) is 8.55. The predicted molar refractivity (Wildman–Crippen MR) is 90.5 cm³/mol. The second-order valence-electron chi connectivity index (χ2n) is 6.29. The first kappa shape index (κ1) is 16.6. The van der Waals surface area contributed by atoms with Gasteiger partial charge in [0, 0.05) is 39.1 Å². The molecule has 3 rings (SSSR count). The van der Waals surface area contributed by atoms with E-state index in [1.54, 1.807) is 6.92 Å². The van der Waals surface area contributed by atoms with E-state index in [4.69, 9.17) is 4.52 Å². The Labute approximate surface area is 142 Å². The van der Waals surface area contributed by atoms with Crippen molar-refractivity contribution in [3.8, 4) is 0 Å². The molecule has 1 aliphatic rings. The van der Waals surface area contributed by atoms with Crippen molar-refractivity contribution in [3.05, 3.63) is 47.6 Å². The number of carbonyl (C=O) groups is 1. The number of hydrogen-bond donors (Lipinski definition) is 0. The summed E-state index contributed by atoms with van der Waals surface area (Å²) in [6.07, 6.45) is 2.17. The van der Waals surface area contributed by atoms with Crippen molar-refractivity contribution in [2.24, 2.45) is 0 Å². The van der Waals surface area contributed by atoms with E-state index < -0.39 is 0 Å². The molecule has 24 heavy (non-hydrogen) atoms. The van der Waals surface area contributed by atoms with Crippen LogP contribution >= 0.6 is 0 Å². The van der Waals surface area contributed by atoms with Crippen LogP contribution in [0.5, 0.6) is 0 Å². The van der Waals surface area contributed by atoms with Gasteiger partial charge >= 0.3 is 0 Å². The van der Waals surface area contributed by atoms with E-state index in [9.17, 15) is 4.79 Å². The van der Waals surface area contributed by atoms with E-state index >= 15 is 0 Å². The van der Waals surface area contributed by atoms with Gasteiger partial charge in [0.05, 0.1) is 0 Å². The predicted octanol–water partition coefficient (Wildman–Crippen LogP) is 2.50. The van der Waals surface area contributed by atoms with Crippen LogP contribution in [0, 0.1) is 6.92 Å². The van der Waals surface area contributed by atoms with E-state index in [2.05, 4.69) is 46.2 Å². The summed E-state index contributed by atoms with van der Waals surface area (Å²) in [6.45, 7) is 7.08. The molecular weight excluding hydrogens is 304 g/mol. The zero-order chi connectivity index (χ0) is 16.9. The van der Waals surface area contributed by atoms with Gasteiger partial charge < -0.3 is 9.42 Å². The second-order valence-corrected chi connectivity index (χ2v) is 6.29. The van der Waals surface area contributed by atoms with Gasteiger partial charge in [-0.3, -0.25) is 9.69 Å². The molecule has 1 atom stereocenters. The molecule has 2 aromatic rings. The molecule has 0 N–H and O–H groups in total.